The number of piperidine rings is 1. The minimum Gasteiger partial charge on any atom is -0.399 e. The van der Waals surface area contributed by atoms with Crippen molar-refractivity contribution in [2.24, 2.45) is 11.7 Å². The van der Waals surface area contributed by atoms with Gasteiger partial charge in [0.25, 0.3) is 0 Å². The number of nitrogens with zero attached hydrogens (tertiary/aromatic N) is 1. The summed E-state index contributed by atoms with van der Waals surface area (Å²) >= 11 is 0. The SMILES string of the molecule is NC(=O)C1CCCN(Cc2cccc(CNC(=O)Cc3ccc(N)cc3)c2)C1. The van der Waals surface area contributed by atoms with Crippen molar-refractivity contribution >= 4 is 17.5 Å². The van der Waals surface area contributed by atoms with Gasteiger partial charge in [-0.25, -0.2) is 0 Å². The number of nitrogens with one attached hydrogen (secondary N) is 1. The third-order valence-corrected chi connectivity index (χ3v) is 5.14. The molecule has 6 heteroatoms. The van der Waals surface area contributed by atoms with Crippen molar-refractivity contribution < 1.29 is 9.59 Å². The molecule has 3 rings (SSSR count). The van der Waals surface area contributed by atoms with Gasteiger partial charge in [0.2, 0.25) is 11.8 Å². The fraction of sp³-hybridized carbons (Fsp3) is 0.364. The number of likely N-dealkylation sites (tertiary alicyclic amines) is 1. The molecule has 2 aromatic carbocycles. The molecule has 148 valence electrons. The summed E-state index contributed by atoms with van der Waals surface area (Å²) in [6.07, 6.45) is 2.21. The van der Waals surface area contributed by atoms with E-state index in [1.54, 1.807) is 12.1 Å². The summed E-state index contributed by atoms with van der Waals surface area (Å²) in [7, 11) is 0. The molecule has 6 nitrogen and oxygen atoms in total. The standard InChI is InChI=1S/C22H28N4O2/c23-20-8-6-16(7-9-20)12-21(27)25-13-17-3-1-4-18(11-17)14-26-10-2-5-19(15-26)22(24)28/h1,3-4,6-9,11,19H,2,5,10,12-15,23H2,(H2,24,28)(H,25,27). The molecule has 2 aromatic rings. The number of amides is 2. The smallest absolute Gasteiger partial charge is 0.224 e. The minimum absolute atomic E-state index is 0.0181. The topological polar surface area (TPSA) is 101 Å². The number of anilines is 1. The number of nitrogens with two attached hydrogens (primary N) is 2. The molecule has 0 spiro atoms. The van der Waals surface area contributed by atoms with Crippen LogP contribution in [0, 0.1) is 5.92 Å². The van der Waals surface area contributed by atoms with E-state index in [9.17, 15) is 9.59 Å². The Morgan fingerprint density at radius 1 is 1.07 bits per heavy atom. The highest BCUT2D eigenvalue weighted by Crippen LogP contribution is 2.18. The highest BCUT2D eigenvalue weighted by molar-refractivity contribution is 5.78. The summed E-state index contributed by atoms with van der Waals surface area (Å²) in [6, 6.07) is 15.5. The lowest BCUT2D eigenvalue weighted by molar-refractivity contribution is -0.123. The lowest BCUT2D eigenvalue weighted by Gasteiger charge is -2.31. The molecule has 0 aliphatic carbocycles. The van der Waals surface area contributed by atoms with Gasteiger partial charge in [0.05, 0.1) is 12.3 Å². The van der Waals surface area contributed by atoms with E-state index in [0.29, 0.717) is 18.7 Å². The maximum absolute atomic E-state index is 12.2. The molecule has 2 amide bonds. The molecular formula is C22H28N4O2. The number of hydrogen-bond acceptors (Lipinski definition) is 4. The molecule has 0 bridgehead atoms. The number of primary amides is 1. The quantitative estimate of drug-likeness (QED) is 0.638. The molecule has 28 heavy (non-hydrogen) atoms. The van der Waals surface area contributed by atoms with E-state index >= 15 is 0 Å². The van der Waals surface area contributed by atoms with Crippen LogP contribution in [0.15, 0.2) is 48.5 Å². The van der Waals surface area contributed by atoms with Crippen molar-refractivity contribution in [3.63, 3.8) is 0 Å². The zero-order valence-corrected chi connectivity index (χ0v) is 16.1. The van der Waals surface area contributed by atoms with Crippen molar-refractivity contribution in [1.29, 1.82) is 0 Å². The average molecular weight is 380 g/mol. The second-order valence-corrected chi connectivity index (χ2v) is 7.49. The van der Waals surface area contributed by atoms with E-state index in [1.165, 1.54) is 5.56 Å². The molecule has 5 N–H and O–H groups in total. The van der Waals surface area contributed by atoms with Gasteiger partial charge in [-0.05, 0) is 48.2 Å². The van der Waals surface area contributed by atoms with Crippen molar-refractivity contribution in [2.75, 3.05) is 18.8 Å². The summed E-state index contributed by atoms with van der Waals surface area (Å²) in [5.74, 6) is -0.276. The van der Waals surface area contributed by atoms with Crippen molar-refractivity contribution in [1.82, 2.24) is 10.2 Å². The average Bonchev–Trinajstić information content (AvgIpc) is 2.69. The zero-order chi connectivity index (χ0) is 19.9. The summed E-state index contributed by atoms with van der Waals surface area (Å²) in [4.78, 5) is 25.9. The minimum atomic E-state index is -0.206. The van der Waals surface area contributed by atoms with Crippen LogP contribution in [-0.4, -0.2) is 29.8 Å². The van der Waals surface area contributed by atoms with Crippen molar-refractivity contribution in [3.8, 4) is 0 Å². The van der Waals surface area contributed by atoms with Gasteiger partial charge in [0.15, 0.2) is 0 Å². The fourth-order valence-corrected chi connectivity index (χ4v) is 3.61. The van der Waals surface area contributed by atoms with Crippen LogP contribution in [-0.2, 0) is 29.1 Å². The Balaban J connectivity index is 1.51. The van der Waals surface area contributed by atoms with E-state index in [2.05, 4.69) is 22.3 Å². The van der Waals surface area contributed by atoms with E-state index in [0.717, 1.165) is 43.6 Å². The third-order valence-electron chi connectivity index (χ3n) is 5.14. The number of carbonyl (C=O) groups is 2. The Labute approximate surface area is 165 Å². The number of nitrogen functional groups attached to an aromatic ring is 1. The highest BCUT2D eigenvalue weighted by atomic mass is 16.2. The molecule has 0 radical (unpaired) electrons. The van der Waals surface area contributed by atoms with Gasteiger partial charge >= 0.3 is 0 Å². The number of carbonyl (C=O) groups excluding carboxylic acids is 2. The predicted octanol–water partition coefficient (Wildman–Crippen LogP) is 1.82. The fourth-order valence-electron chi connectivity index (χ4n) is 3.61. The van der Waals surface area contributed by atoms with Crippen LogP contribution >= 0.6 is 0 Å². The third kappa shape index (κ3) is 5.82. The summed E-state index contributed by atoms with van der Waals surface area (Å²) in [5, 5.41) is 2.97. The van der Waals surface area contributed by atoms with Gasteiger partial charge < -0.3 is 16.8 Å². The first kappa shape index (κ1) is 19.9. The molecule has 0 saturated carbocycles. The van der Waals surface area contributed by atoms with E-state index in [4.69, 9.17) is 11.5 Å². The van der Waals surface area contributed by atoms with Crippen LogP contribution < -0.4 is 16.8 Å². The van der Waals surface area contributed by atoms with Crippen LogP contribution in [0.3, 0.4) is 0 Å². The summed E-state index contributed by atoms with van der Waals surface area (Å²) < 4.78 is 0. The zero-order valence-electron chi connectivity index (χ0n) is 16.1. The summed E-state index contributed by atoms with van der Waals surface area (Å²) in [6.45, 7) is 2.98. The van der Waals surface area contributed by atoms with Gasteiger partial charge in [-0.15, -0.1) is 0 Å². The van der Waals surface area contributed by atoms with E-state index in [-0.39, 0.29) is 17.7 Å². The largest absolute Gasteiger partial charge is 0.399 e. The first-order valence-electron chi connectivity index (χ1n) is 9.70. The monoisotopic (exact) mass is 380 g/mol. The van der Waals surface area contributed by atoms with Crippen LogP contribution in [0.4, 0.5) is 5.69 Å². The first-order chi connectivity index (χ1) is 13.5. The van der Waals surface area contributed by atoms with Gasteiger partial charge in [0.1, 0.15) is 0 Å². The van der Waals surface area contributed by atoms with Crippen LogP contribution in [0.25, 0.3) is 0 Å². The van der Waals surface area contributed by atoms with Crippen molar-refractivity contribution in [2.45, 2.75) is 32.4 Å². The summed E-state index contributed by atoms with van der Waals surface area (Å²) in [5.41, 5.74) is 15.0. The Morgan fingerprint density at radius 2 is 1.82 bits per heavy atom. The maximum atomic E-state index is 12.2. The van der Waals surface area contributed by atoms with Crippen LogP contribution in [0.2, 0.25) is 0 Å². The molecule has 0 aromatic heterocycles. The lowest BCUT2D eigenvalue weighted by Crippen LogP contribution is -2.40. The molecule has 1 fully saturated rings. The van der Waals surface area contributed by atoms with Crippen LogP contribution in [0.5, 0.6) is 0 Å². The molecule has 1 saturated heterocycles. The maximum Gasteiger partial charge on any atom is 0.224 e. The van der Waals surface area contributed by atoms with Gasteiger partial charge in [-0.3, -0.25) is 14.5 Å². The van der Waals surface area contributed by atoms with E-state index in [1.807, 2.05) is 24.3 Å². The molecular weight excluding hydrogens is 352 g/mol. The Morgan fingerprint density at radius 3 is 2.57 bits per heavy atom. The predicted molar refractivity (Wildman–Crippen MR) is 110 cm³/mol. The van der Waals surface area contributed by atoms with Gasteiger partial charge in [-0.2, -0.15) is 0 Å². The normalized spacial score (nSPS) is 17.2. The molecule has 1 heterocycles. The molecule has 1 atom stereocenters. The Hall–Kier alpha value is -2.86. The first-order valence-corrected chi connectivity index (χ1v) is 9.70. The second-order valence-electron chi connectivity index (χ2n) is 7.49. The molecule has 1 aliphatic rings. The Bertz CT molecular complexity index is 820. The molecule has 1 aliphatic heterocycles. The highest BCUT2D eigenvalue weighted by Gasteiger charge is 2.23. The van der Waals surface area contributed by atoms with Gasteiger partial charge in [0, 0.05) is 25.3 Å². The number of rotatable bonds is 7. The Kier molecular flexibility index (Phi) is 6.66. The molecule has 1 unspecified atom stereocenters. The van der Waals surface area contributed by atoms with Crippen LogP contribution in [0.1, 0.15) is 29.5 Å². The van der Waals surface area contributed by atoms with Gasteiger partial charge in [-0.1, -0.05) is 36.4 Å². The second kappa shape index (κ2) is 9.37. The lowest BCUT2D eigenvalue weighted by atomic mass is 9.97. The number of benzene rings is 2. The van der Waals surface area contributed by atoms with Crippen molar-refractivity contribution in [3.05, 3.63) is 65.2 Å². The van der Waals surface area contributed by atoms with E-state index < -0.39 is 0 Å². The number of hydrogen-bond donors (Lipinski definition) is 3.